The number of aliphatic imine (C=N–C) groups is 1. The van der Waals surface area contributed by atoms with Gasteiger partial charge in [0.2, 0.25) is 10.0 Å². The van der Waals surface area contributed by atoms with Gasteiger partial charge in [-0.15, -0.1) is 0 Å². The highest BCUT2D eigenvalue weighted by Gasteiger charge is 2.24. The molecular weight excluding hydrogens is 316 g/mol. The molecule has 1 aromatic carbocycles. The lowest BCUT2D eigenvalue weighted by molar-refractivity contribution is 0.157. The van der Waals surface area contributed by atoms with E-state index in [0.717, 1.165) is 37.6 Å². The van der Waals surface area contributed by atoms with Crippen LogP contribution in [0.2, 0.25) is 0 Å². The molecule has 128 valence electrons. The van der Waals surface area contributed by atoms with Gasteiger partial charge in [0.15, 0.2) is 5.96 Å². The van der Waals surface area contributed by atoms with Crippen LogP contribution in [0.5, 0.6) is 0 Å². The van der Waals surface area contributed by atoms with Gasteiger partial charge in [-0.05, 0) is 24.1 Å². The van der Waals surface area contributed by atoms with Gasteiger partial charge in [0, 0.05) is 39.7 Å². The topological polar surface area (TPSA) is 97.0 Å². The summed E-state index contributed by atoms with van der Waals surface area (Å²) in [5, 5.41) is 8.39. The maximum absolute atomic E-state index is 11.2. The number of hydrogen-bond acceptors (Lipinski definition) is 4. The first-order chi connectivity index (χ1) is 10.9. The molecule has 1 saturated heterocycles. The standard InChI is InChI=1S/C15H24N4O3S/c1-17-15(19-8-7-13(10-19)11-22-2)18-9-12-3-5-14(6-4-12)23(16,20)21/h3-6,13H,7-11H2,1-2H3,(H,17,18)(H2,16,20,21). The second-order valence-corrected chi connectivity index (χ2v) is 7.21. The second kappa shape index (κ2) is 7.76. The van der Waals surface area contributed by atoms with Gasteiger partial charge >= 0.3 is 0 Å². The van der Waals surface area contributed by atoms with Crippen LogP contribution in [0.25, 0.3) is 0 Å². The Morgan fingerprint density at radius 1 is 1.43 bits per heavy atom. The van der Waals surface area contributed by atoms with E-state index in [9.17, 15) is 8.42 Å². The Balaban J connectivity index is 1.91. The van der Waals surface area contributed by atoms with Crippen LogP contribution in [-0.4, -0.2) is 53.1 Å². The molecule has 2 rings (SSSR count). The third-order valence-electron chi connectivity index (χ3n) is 3.90. The highest BCUT2D eigenvalue weighted by molar-refractivity contribution is 7.89. The Morgan fingerprint density at radius 3 is 2.70 bits per heavy atom. The van der Waals surface area contributed by atoms with Crippen molar-refractivity contribution in [3.63, 3.8) is 0 Å². The summed E-state index contributed by atoms with van der Waals surface area (Å²) in [6.45, 7) is 3.22. The predicted octanol–water partition coefficient (Wildman–Crippen LogP) is 0.378. The van der Waals surface area contributed by atoms with E-state index in [0.29, 0.717) is 12.5 Å². The molecule has 1 aliphatic heterocycles. The molecule has 0 aromatic heterocycles. The molecule has 1 aliphatic rings. The number of likely N-dealkylation sites (tertiary alicyclic amines) is 1. The Kier molecular flexibility index (Phi) is 5.97. The van der Waals surface area contributed by atoms with Gasteiger partial charge in [0.05, 0.1) is 11.5 Å². The van der Waals surface area contributed by atoms with E-state index in [-0.39, 0.29) is 4.90 Å². The van der Waals surface area contributed by atoms with Crippen molar-refractivity contribution >= 4 is 16.0 Å². The first-order valence-corrected chi connectivity index (χ1v) is 9.05. The summed E-state index contributed by atoms with van der Waals surface area (Å²) >= 11 is 0. The number of nitrogens with one attached hydrogen (secondary N) is 1. The van der Waals surface area contributed by atoms with Crippen LogP contribution in [0, 0.1) is 5.92 Å². The smallest absolute Gasteiger partial charge is 0.238 e. The molecule has 3 N–H and O–H groups in total. The first kappa shape index (κ1) is 17.7. The van der Waals surface area contributed by atoms with Crippen LogP contribution < -0.4 is 10.5 Å². The van der Waals surface area contributed by atoms with Crippen molar-refractivity contribution in [1.29, 1.82) is 0 Å². The highest BCUT2D eigenvalue weighted by atomic mass is 32.2. The molecule has 0 bridgehead atoms. The van der Waals surface area contributed by atoms with Crippen molar-refractivity contribution in [3.05, 3.63) is 29.8 Å². The molecule has 0 spiro atoms. The van der Waals surface area contributed by atoms with Crippen LogP contribution in [0.3, 0.4) is 0 Å². The maximum atomic E-state index is 11.2. The zero-order valence-electron chi connectivity index (χ0n) is 13.5. The SMILES string of the molecule is CN=C(NCc1ccc(S(N)(=O)=O)cc1)N1CCC(COC)C1. The molecule has 0 amide bonds. The summed E-state index contributed by atoms with van der Waals surface area (Å²) in [6.07, 6.45) is 1.09. The molecule has 0 saturated carbocycles. The molecule has 0 radical (unpaired) electrons. The van der Waals surface area contributed by atoms with E-state index in [1.807, 2.05) is 0 Å². The van der Waals surface area contributed by atoms with Gasteiger partial charge in [-0.1, -0.05) is 12.1 Å². The number of sulfonamides is 1. The van der Waals surface area contributed by atoms with E-state index in [2.05, 4.69) is 15.2 Å². The number of nitrogens with zero attached hydrogens (tertiary/aromatic N) is 2. The number of hydrogen-bond donors (Lipinski definition) is 2. The van der Waals surface area contributed by atoms with Gasteiger partial charge in [-0.25, -0.2) is 13.6 Å². The van der Waals surface area contributed by atoms with Gasteiger partial charge in [-0.2, -0.15) is 0 Å². The summed E-state index contributed by atoms with van der Waals surface area (Å²) < 4.78 is 27.7. The third-order valence-corrected chi connectivity index (χ3v) is 4.83. The number of ether oxygens (including phenoxy) is 1. The largest absolute Gasteiger partial charge is 0.384 e. The van der Waals surface area contributed by atoms with E-state index in [4.69, 9.17) is 9.88 Å². The van der Waals surface area contributed by atoms with Gasteiger partial charge in [0.25, 0.3) is 0 Å². The Labute approximate surface area is 137 Å². The highest BCUT2D eigenvalue weighted by Crippen LogP contribution is 2.16. The summed E-state index contributed by atoms with van der Waals surface area (Å²) in [5.41, 5.74) is 0.964. The van der Waals surface area contributed by atoms with Crippen LogP contribution in [0.15, 0.2) is 34.2 Å². The number of primary sulfonamides is 1. The normalized spacial score (nSPS) is 19.2. The zero-order chi connectivity index (χ0) is 16.9. The minimum Gasteiger partial charge on any atom is -0.384 e. The first-order valence-electron chi connectivity index (χ1n) is 7.50. The molecule has 1 fully saturated rings. The van der Waals surface area contributed by atoms with Crippen LogP contribution in [-0.2, 0) is 21.3 Å². The molecule has 1 unspecified atom stereocenters. The number of benzene rings is 1. The molecule has 23 heavy (non-hydrogen) atoms. The summed E-state index contributed by atoms with van der Waals surface area (Å²) in [5.74, 6) is 1.38. The molecule has 0 aliphatic carbocycles. The van der Waals surface area contributed by atoms with E-state index < -0.39 is 10.0 Å². The van der Waals surface area contributed by atoms with E-state index in [1.165, 1.54) is 12.1 Å². The minimum atomic E-state index is -3.64. The number of methoxy groups -OCH3 is 1. The molecular formula is C15H24N4O3S. The minimum absolute atomic E-state index is 0.118. The van der Waals surface area contributed by atoms with Crippen molar-refractivity contribution in [3.8, 4) is 0 Å². The second-order valence-electron chi connectivity index (χ2n) is 5.65. The Bertz CT molecular complexity index is 643. The quantitative estimate of drug-likeness (QED) is 0.596. The van der Waals surface area contributed by atoms with Crippen molar-refractivity contribution in [2.45, 2.75) is 17.9 Å². The van der Waals surface area contributed by atoms with Crippen molar-refractivity contribution in [1.82, 2.24) is 10.2 Å². The van der Waals surface area contributed by atoms with Crippen LogP contribution in [0.1, 0.15) is 12.0 Å². The Hall–Kier alpha value is -1.64. The lowest BCUT2D eigenvalue weighted by Gasteiger charge is -2.21. The van der Waals surface area contributed by atoms with Crippen molar-refractivity contribution in [2.75, 3.05) is 33.9 Å². The van der Waals surface area contributed by atoms with Crippen molar-refractivity contribution in [2.24, 2.45) is 16.0 Å². The fraction of sp³-hybridized carbons (Fsp3) is 0.533. The fourth-order valence-corrected chi connectivity index (χ4v) is 3.22. The monoisotopic (exact) mass is 340 g/mol. The summed E-state index contributed by atoms with van der Waals surface area (Å²) in [4.78, 5) is 6.64. The van der Waals surface area contributed by atoms with Crippen LogP contribution in [0.4, 0.5) is 0 Å². The number of nitrogens with two attached hydrogens (primary N) is 1. The number of guanidine groups is 1. The molecule has 7 nitrogen and oxygen atoms in total. The van der Waals surface area contributed by atoms with Gasteiger partial charge in [0.1, 0.15) is 0 Å². The summed E-state index contributed by atoms with van der Waals surface area (Å²) in [6, 6.07) is 6.52. The fourth-order valence-electron chi connectivity index (χ4n) is 2.71. The lowest BCUT2D eigenvalue weighted by Crippen LogP contribution is -2.39. The van der Waals surface area contributed by atoms with E-state index >= 15 is 0 Å². The van der Waals surface area contributed by atoms with Crippen molar-refractivity contribution < 1.29 is 13.2 Å². The lowest BCUT2D eigenvalue weighted by atomic mass is 10.1. The molecule has 1 heterocycles. The zero-order valence-corrected chi connectivity index (χ0v) is 14.3. The molecule has 8 heteroatoms. The average Bonchev–Trinajstić information content (AvgIpc) is 2.96. The maximum Gasteiger partial charge on any atom is 0.238 e. The predicted molar refractivity (Wildman–Crippen MR) is 89.6 cm³/mol. The average molecular weight is 340 g/mol. The van der Waals surface area contributed by atoms with Crippen LogP contribution >= 0.6 is 0 Å². The summed E-state index contributed by atoms with van der Waals surface area (Å²) in [7, 11) is -0.161. The van der Waals surface area contributed by atoms with Gasteiger partial charge in [-0.3, -0.25) is 4.99 Å². The number of rotatable bonds is 5. The van der Waals surface area contributed by atoms with Gasteiger partial charge < -0.3 is 15.0 Å². The molecule has 1 aromatic rings. The molecule has 1 atom stereocenters. The van der Waals surface area contributed by atoms with E-state index in [1.54, 1.807) is 26.3 Å². The Morgan fingerprint density at radius 2 is 2.13 bits per heavy atom. The third kappa shape index (κ3) is 4.92.